The molecule has 2 aromatic rings. The van der Waals surface area contributed by atoms with E-state index < -0.39 is 5.97 Å². The molecule has 1 aliphatic heterocycles. The van der Waals surface area contributed by atoms with Crippen LogP contribution in [0.25, 0.3) is 10.9 Å². The van der Waals surface area contributed by atoms with Gasteiger partial charge in [0, 0.05) is 29.7 Å². The van der Waals surface area contributed by atoms with Crippen molar-refractivity contribution in [1.29, 1.82) is 0 Å². The Morgan fingerprint density at radius 3 is 2.76 bits per heavy atom. The lowest BCUT2D eigenvalue weighted by Crippen LogP contribution is -2.21. The lowest BCUT2D eigenvalue weighted by Gasteiger charge is -2.24. The molecule has 1 aromatic heterocycles. The number of carboxylic acids is 1. The van der Waals surface area contributed by atoms with E-state index in [1.807, 2.05) is 6.92 Å². The summed E-state index contributed by atoms with van der Waals surface area (Å²) >= 11 is 0. The summed E-state index contributed by atoms with van der Waals surface area (Å²) in [5, 5.41) is 9.87. The van der Waals surface area contributed by atoms with E-state index in [9.17, 15) is 9.18 Å². The zero-order valence-corrected chi connectivity index (χ0v) is 11.9. The molecule has 0 atom stereocenters. The maximum absolute atomic E-state index is 13.6. The van der Waals surface area contributed by atoms with Gasteiger partial charge in [0.05, 0.1) is 17.6 Å². The minimum Gasteiger partial charge on any atom is -0.481 e. The van der Waals surface area contributed by atoms with Crippen LogP contribution in [0.1, 0.15) is 24.1 Å². The van der Waals surface area contributed by atoms with E-state index in [-0.39, 0.29) is 12.2 Å². The van der Waals surface area contributed by atoms with Gasteiger partial charge in [0.1, 0.15) is 5.82 Å². The predicted molar refractivity (Wildman–Crippen MR) is 79.2 cm³/mol. The molecule has 21 heavy (non-hydrogen) atoms. The van der Waals surface area contributed by atoms with Gasteiger partial charge in [0.15, 0.2) is 0 Å². The van der Waals surface area contributed by atoms with E-state index in [1.165, 1.54) is 12.1 Å². The number of rotatable bonds is 3. The lowest BCUT2D eigenvalue weighted by molar-refractivity contribution is -0.136. The number of nitrogens with zero attached hydrogens (tertiary/aromatic N) is 2. The van der Waals surface area contributed by atoms with E-state index in [1.54, 1.807) is 6.07 Å². The highest BCUT2D eigenvalue weighted by atomic mass is 19.1. The Bertz CT molecular complexity index is 709. The molecule has 1 N–H and O–H groups in total. The molecule has 0 radical (unpaired) electrons. The first-order valence-corrected chi connectivity index (χ1v) is 7.12. The molecule has 110 valence electrons. The van der Waals surface area contributed by atoms with Crippen LogP contribution in [0.15, 0.2) is 18.2 Å². The number of anilines is 1. The number of aliphatic carboxylic acids is 1. The second-order valence-electron chi connectivity index (χ2n) is 5.45. The van der Waals surface area contributed by atoms with Crippen molar-refractivity contribution in [2.45, 2.75) is 26.2 Å². The Balaban J connectivity index is 2.28. The Morgan fingerprint density at radius 2 is 2.10 bits per heavy atom. The molecule has 0 bridgehead atoms. The second-order valence-corrected chi connectivity index (χ2v) is 5.45. The van der Waals surface area contributed by atoms with Gasteiger partial charge in [0.2, 0.25) is 0 Å². The van der Waals surface area contributed by atoms with Gasteiger partial charge in [-0.25, -0.2) is 4.39 Å². The summed E-state index contributed by atoms with van der Waals surface area (Å²) in [6.45, 7) is 3.57. The van der Waals surface area contributed by atoms with Crippen molar-refractivity contribution in [1.82, 2.24) is 4.98 Å². The molecule has 1 aromatic carbocycles. The van der Waals surface area contributed by atoms with Gasteiger partial charge >= 0.3 is 5.97 Å². The lowest BCUT2D eigenvalue weighted by atomic mass is 10.0. The van der Waals surface area contributed by atoms with Gasteiger partial charge in [-0.2, -0.15) is 0 Å². The number of hydrogen-bond acceptors (Lipinski definition) is 3. The normalized spacial score (nSPS) is 14.9. The average molecular weight is 288 g/mol. The van der Waals surface area contributed by atoms with Gasteiger partial charge < -0.3 is 10.0 Å². The van der Waals surface area contributed by atoms with Crippen LogP contribution in [0, 0.1) is 12.7 Å². The molecule has 2 heterocycles. The molecule has 0 aliphatic carbocycles. The smallest absolute Gasteiger partial charge is 0.307 e. The summed E-state index contributed by atoms with van der Waals surface area (Å²) in [5.74, 6) is -1.22. The number of carbonyl (C=O) groups is 1. The fraction of sp³-hybridized carbons (Fsp3) is 0.375. The maximum Gasteiger partial charge on any atom is 0.307 e. The molecule has 0 spiro atoms. The van der Waals surface area contributed by atoms with Crippen LogP contribution in [0.4, 0.5) is 10.1 Å². The van der Waals surface area contributed by atoms with Crippen LogP contribution < -0.4 is 4.90 Å². The molecule has 5 heteroatoms. The van der Waals surface area contributed by atoms with Crippen molar-refractivity contribution in [2.24, 2.45) is 0 Å². The molecule has 1 saturated heterocycles. The van der Waals surface area contributed by atoms with Crippen LogP contribution in [-0.2, 0) is 11.2 Å². The van der Waals surface area contributed by atoms with Crippen molar-refractivity contribution in [3.05, 3.63) is 35.3 Å². The Kier molecular flexibility index (Phi) is 3.49. The Hall–Kier alpha value is -2.17. The van der Waals surface area contributed by atoms with E-state index in [0.717, 1.165) is 31.6 Å². The van der Waals surface area contributed by atoms with Crippen LogP contribution >= 0.6 is 0 Å². The monoisotopic (exact) mass is 288 g/mol. The SMILES string of the molecule is Cc1nc2ccc(F)cc2c(N2CCCC2)c1CC(=O)O. The van der Waals surface area contributed by atoms with Crippen molar-refractivity contribution < 1.29 is 14.3 Å². The fourth-order valence-corrected chi connectivity index (χ4v) is 3.04. The zero-order chi connectivity index (χ0) is 15.0. The summed E-state index contributed by atoms with van der Waals surface area (Å²) in [5.41, 5.74) is 2.96. The third-order valence-electron chi connectivity index (χ3n) is 3.97. The number of halogens is 1. The van der Waals surface area contributed by atoms with Crippen LogP contribution in [-0.4, -0.2) is 29.1 Å². The molecular weight excluding hydrogens is 271 g/mol. The largest absolute Gasteiger partial charge is 0.481 e. The number of hydrogen-bond donors (Lipinski definition) is 1. The summed E-state index contributed by atoms with van der Waals surface area (Å²) in [7, 11) is 0. The summed E-state index contributed by atoms with van der Waals surface area (Å²) < 4.78 is 13.6. The maximum atomic E-state index is 13.6. The predicted octanol–water partition coefficient (Wildman–Crippen LogP) is 2.91. The second kappa shape index (κ2) is 5.31. The van der Waals surface area contributed by atoms with Crippen molar-refractivity contribution >= 4 is 22.6 Å². The molecular formula is C16H17FN2O2. The molecule has 0 saturated carbocycles. The van der Waals surface area contributed by atoms with Crippen LogP contribution in [0.3, 0.4) is 0 Å². The topological polar surface area (TPSA) is 53.4 Å². The molecule has 0 amide bonds. The molecule has 3 rings (SSSR count). The molecule has 0 unspecified atom stereocenters. The minimum atomic E-state index is -0.892. The third kappa shape index (κ3) is 2.55. The number of pyridine rings is 1. The summed E-state index contributed by atoms with van der Waals surface area (Å²) in [6, 6.07) is 4.50. The van der Waals surface area contributed by atoms with Crippen molar-refractivity contribution in [3.63, 3.8) is 0 Å². The van der Waals surface area contributed by atoms with E-state index in [4.69, 9.17) is 5.11 Å². The third-order valence-corrected chi connectivity index (χ3v) is 3.97. The van der Waals surface area contributed by atoms with E-state index >= 15 is 0 Å². The zero-order valence-electron chi connectivity index (χ0n) is 11.9. The van der Waals surface area contributed by atoms with Gasteiger partial charge in [-0.05, 0) is 38.0 Å². The first-order chi connectivity index (χ1) is 10.1. The number of aromatic nitrogens is 1. The minimum absolute atomic E-state index is 0.0862. The number of aryl methyl sites for hydroxylation is 1. The number of benzene rings is 1. The summed E-state index contributed by atoms with van der Waals surface area (Å²) in [4.78, 5) is 17.8. The highest BCUT2D eigenvalue weighted by molar-refractivity contribution is 5.95. The van der Waals surface area contributed by atoms with Crippen LogP contribution in [0.2, 0.25) is 0 Å². The van der Waals surface area contributed by atoms with Gasteiger partial charge in [-0.3, -0.25) is 9.78 Å². The van der Waals surface area contributed by atoms with Crippen molar-refractivity contribution in [2.75, 3.05) is 18.0 Å². The highest BCUT2D eigenvalue weighted by Gasteiger charge is 2.22. The Morgan fingerprint density at radius 1 is 1.38 bits per heavy atom. The molecule has 1 fully saturated rings. The van der Waals surface area contributed by atoms with E-state index in [2.05, 4.69) is 9.88 Å². The first-order valence-electron chi connectivity index (χ1n) is 7.12. The van der Waals surface area contributed by atoms with Crippen molar-refractivity contribution in [3.8, 4) is 0 Å². The van der Waals surface area contributed by atoms with Crippen LogP contribution in [0.5, 0.6) is 0 Å². The summed E-state index contributed by atoms with van der Waals surface area (Å²) in [6.07, 6.45) is 2.06. The number of carboxylic acid groups (broad SMARTS) is 1. The van der Waals surface area contributed by atoms with Gasteiger partial charge in [-0.1, -0.05) is 0 Å². The fourth-order valence-electron chi connectivity index (χ4n) is 3.04. The standard InChI is InChI=1S/C16H17FN2O2/c1-10-12(9-15(20)21)16(19-6-2-3-7-19)13-8-11(17)4-5-14(13)18-10/h4-5,8H,2-3,6-7,9H2,1H3,(H,20,21). The van der Waals surface area contributed by atoms with Gasteiger partial charge in [0.25, 0.3) is 0 Å². The first kappa shape index (κ1) is 13.8. The molecule has 4 nitrogen and oxygen atoms in total. The van der Waals surface area contributed by atoms with Gasteiger partial charge in [-0.15, -0.1) is 0 Å². The quantitative estimate of drug-likeness (QED) is 0.943. The molecule has 1 aliphatic rings. The Labute approximate surface area is 122 Å². The highest BCUT2D eigenvalue weighted by Crippen LogP contribution is 2.34. The van der Waals surface area contributed by atoms with E-state index in [0.29, 0.717) is 22.2 Å². The number of fused-ring (bicyclic) bond motifs is 1. The average Bonchev–Trinajstić information content (AvgIpc) is 2.93.